The first-order valence-electron chi connectivity index (χ1n) is 20.8. The first kappa shape index (κ1) is 43.2. The molecule has 4 aromatic rings. The summed E-state index contributed by atoms with van der Waals surface area (Å²) in [7, 11) is 0. The largest absolute Gasteiger partial charge is 0.507 e. The van der Waals surface area contributed by atoms with Gasteiger partial charge in [-0.25, -0.2) is 0 Å². The van der Waals surface area contributed by atoms with Gasteiger partial charge in [-0.3, -0.25) is 14.8 Å². The van der Waals surface area contributed by atoms with Crippen LogP contribution in [0, 0.1) is 0 Å². The van der Waals surface area contributed by atoms with Crippen LogP contribution in [0.5, 0.6) is 11.5 Å². The SMILES string of the molecule is CC(=O)O.CC1(C)CCN2CCC(C)(C)c3c(O)c(C=NCC(Cc4cccc5ccccc45)N=Cc4cc5c6c(c4O)C(C)(C)CCN6CCC5(C)C)cc1c32.[Co]. The van der Waals surface area contributed by atoms with Crippen molar-refractivity contribution < 1.29 is 36.9 Å². The summed E-state index contributed by atoms with van der Waals surface area (Å²) in [6.07, 6.45) is 8.70. The quantitative estimate of drug-likeness (QED) is 0.160. The predicted octanol–water partition coefficient (Wildman–Crippen LogP) is 9.83. The molecule has 1 radical (unpaired) electrons. The van der Waals surface area contributed by atoms with E-state index in [4.69, 9.17) is 19.9 Å². The molecule has 1 unspecified atom stereocenters. The fourth-order valence-corrected chi connectivity index (χ4v) is 9.73. The van der Waals surface area contributed by atoms with Gasteiger partial charge >= 0.3 is 0 Å². The fraction of sp³-hybridized carbons (Fsp3) is 0.490. The van der Waals surface area contributed by atoms with E-state index >= 15 is 0 Å². The third-order valence-electron chi connectivity index (χ3n) is 13.4. The van der Waals surface area contributed by atoms with E-state index in [-0.39, 0.29) is 44.5 Å². The summed E-state index contributed by atoms with van der Waals surface area (Å²) >= 11 is 0. The maximum atomic E-state index is 12.0. The van der Waals surface area contributed by atoms with Gasteiger partial charge in [-0.1, -0.05) is 97.9 Å². The number of benzene rings is 4. The van der Waals surface area contributed by atoms with Gasteiger partial charge in [-0.2, -0.15) is 0 Å². The van der Waals surface area contributed by atoms with Gasteiger partial charge in [-0.05, 0) is 93.4 Å². The molecule has 4 aliphatic rings. The van der Waals surface area contributed by atoms with E-state index in [0.717, 1.165) is 81.0 Å². The second kappa shape index (κ2) is 16.0. The molecule has 3 N–H and O–H groups in total. The molecule has 1 atom stereocenters. The summed E-state index contributed by atoms with van der Waals surface area (Å²) in [5, 5.41) is 33.7. The summed E-state index contributed by atoms with van der Waals surface area (Å²) in [4.78, 5) is 24.3. The van der Waals surface area contributed by atoms with E-state index in [2.05, 4.69) is 120 Å². The number of fused-ring (bicyclic) bond motifs is 1. The Morgan fingerprint density at radius 2 is 1.16 bits per heavy atom. The molecular weight excluding hydrogens is 767 g/mol. The maximum Gasteiger partial charge on any atom is 0.300 e. The molecule has 0 fully saturated rings. The van der Waals surface area contributed by atoms with E-state index in [1.54, 1.807) is 0 Å². The molecule has 4 aliphatic heterocycles. The van der Waals surface area contributed by atoms with Crippen molar-refractivity contribution in [2.45, 2.75) is 122 Å². The van der Waals surface area contributed by atoms with E-state index in [0.29, 0.717) is 24.5 Å². The maximum absolute atomic E-state index is 12.0. The van der Waals surface area contributed by atoms with Gasteiger partial charge in [0, 0.05) is 95.9 Å². The van der Waals surface area contributed by atoms with Crippen molar-refractivity contribution in [3.05, 3.63) is 93.5 Å². The van der Waals surface area contributed by atoms with Gasteiger partial charge in [0.1, 0.15) is 11.5 Å². The number of anilines is 2. The number of aliphatic carboxylic acids is 1. The number of carbonyl (C=O) groups is 1. The zero-order valence-corrected chi connectivity index (χ0v) is 36.9. The summed E-state index contributed by atoms with van der Waals surface area (Å²) in [5.41, 5.74) is 9.80. The minimum absolute atomic E-state index is 0. The molecule has 9 heteroatoms. The minimum Gasteiger partial charge on any atom is -0.507 e. The number of carboxylic acid groups (broad SMARTS) is 1. The molecule has 58 heavy (non-hydrogen) atoms. The van der Waals surface area contributed by atoms with E-state index in [9.17, 15) is 10.2 Å². The van der Waals surface area contributed by atoms with Crippen LogP contribution >= 0.6 is 0 Å². The number of aromatic hydroxyl groups is 2. The van der Waals surface area contributed by atoms with Crippen molar-refractivity contribution >= 4 is 40.5 Å². The Bertz CT molecular complexity index is 2260. The molecule has 0 amide bonds. The summed E-state index contributed by atoms with van der Waals surface area (Å²) in [6.45, 7) is 24.0. The van der Waals surface area contributed by atoms with Crippen LogP contribution in [0.15, 0.2) is 64.6 Å². The van der Waals surface area contributed by atoms with E-state index < -0.39 is 5.97 Å². The molecule has 0 aromatic heterocycles. The molecule has 311 valence electrons. The zero-order chi connectivity index (χ0) is 41.1. The van der Waals surface area contributed by atoms with Crippen molar-refractivity contribution in [2.24, 2.45) is 9.98 Å². The normalized spacial score (nSPS) is 19.8. The van der Waals surface area contributed by atoms with Crippen LogP contribution in [-0.2, 0) is 49.7 Å². The number of nitrogens with zero attached hydrogens (tertiary/aromatic N) is 4. The van der Waals surface area contributed by atoms with Crippen LogP contribution in [-0.4, -0.2) is 72.5 Å². The van der Waals surface area contributed by atoms with E-state index in [1.807, 2.05) is 12.4 Å². The number of hydrogen-bond donors (Lipinski definition) is 3. The molecule has 0 aliphatic carbocycles. The van der Waals surface area contributed by atoms with Crippen molar-refractivity contribution in [3.8, 4) is 11.5 Å². The monoisotopic (exact) mass is 829 g/mol. The van der Waals surface area contributed by atoms with Crippen LogP contribution in [0.4, 0.5) is 11.4 Å². The Balaban J connectivity index is 0.00000108. The molecule has 4 heterocycles. The second-order valence-corrected chi connectivity index (χ2v) is 19.5. The summed E-state index contributed by atoms with van der Waals surface area (Å²) < 4.78 is 0. The number of aliphatic imine (C=N–C) groups is 2. The first-order chi connectivity index (χ1) is 26.8. The molecule has 8 rings (SSSR count). The molecule has 0 spiro atoms. The number of rotatable bonds is 7. The molecule has 0 saturated carbocycles. The Labute approximate surface area is 355 Å². The molecule has 0 bridgehead atoms. The second-order valence-electron chi connectivity index (χ2n) is 19.5. The Morgan fingerprint density at radius 1 is 0.707 bits per heavy atom. The van der Waals surface area contributed by atoms with Crippen molar-refractivity contribution in [1.29, 1.82) is 0 Å². The Morgan fingerprint density at radius 3 is 1.67 bits per heavy atom. The Hall–Kier alpha value is -4.34. The van der Waals surface area contributed by atoms with Crippen molar-refractivity contribution in [2.75, 3.05) is 42.5 Å². The van der Waals surface area contributed by atoms with E-state index in [1.165, 1.54) is 38.8 Å². The topological polar surface area (TPSA) is 109 Å². The Kier molecular flexibility index (Phi) is 11.9. The third-order valence-corrected chi connectivity index (χ3v) is 13.4. The molecule has 4 aromatic carbocycles. The van der Waals surface area contributed by atoms with Gasteiger partial charge in [0.25, 0.3) is 5.97 Å². The van der Waals surface area contributed by atoms with Crippen LogP contribution in [0.1, 0.15) is 127 Å². The average Bonchev–Trinajstić information content (AvgIpc) is 3.13. The smallest absolute Gasteiger partial charge is 0.300 e. The predicted molar refractivity (Wildman–Crippen MR) is 236 cm³/mol. The molecule has 8 nitrogen and oxygen atoms in total. The van der Waals surface area contributed by atoms with Gasteiger partial charge in [0.15, 0.2) is 0 Å². The van der Waals surface area contributed by atoms with Gasteiger partial charge < -0.3 is 25.1 Å². The van der Waals surface area contributed by atoms with Crippen LogP contribution < -0.4 is 9.80 Å². The third kappa shape index (κ3) is 8.13. The number of carboxylic acids is 1. The minimum atomic E-state index is -0.833. The first-order valence-corrected chi connectivity index (χ1v) is 20.8. The van der Waals surface area contributed by atoms with Gasteiger partial charge in [-0.15, -0.1) is 0 Å². The summed E-state index contributed by atoms with van der Waals surface area (Å²) in [6, 6.07) is 19.2. The summed E-state index contributed by atoms with van der Waals surface area (Å²) in [5.74, 6) is -0.110. The number of phenols is 2. The number of hydrogen-bond acceptors (Lipinski definition) is 7. The van der Waals surface area contributed by atoms with Gasteiger partial charge in [0.2, 0.25) is 0 Å². The van der Waals surface area contributed by atoms with Crippen molar-refractivity contribution in [3.63, 3.8) is 0 Å². The molecular formula is C49H62CoN4O4. The van der Waals surface area contributed by atoms with Crippen molar-refractivity contribution in [1.82, 2.24) is 0 Å². The standard InChI is InChI=1S/C47H58N4O2.C2H4O2.Co/c1-44(2)16-20-50-22-18-46(5,6)38-40(50)36(44)25-32(42(38)52)27-48-29-34(24-31-14-11-13-30-12-9-10-15-35(30)31)49-28-33-26-37-41-39(43(33)53)47(7,8)19-23-51(41)21-17-45(37,3)4;1-2(3)4;/h9-15,25-28,34,52-53H,16-24,29H2,1-8H3;1H3,(H,3,4);. The van der Waals surface area contributed by atoms with Crippen LogP contribution in [0.25, 0.3) is 10.8 Å². The van der Waals surface area contributed by atoms with Crippen LogP contribution in [0.3, 0.4) is 0 Å². The van der Waals surface area contributed by atoms with Crippen LogP contribution in [0.2, 0.25) is 0 Å². The molecule has 0 saturated heterocycles. The average molecular weight is 830 g/mol. The van der Waals surface area contributed by atoms with Gasteiger partial charge in [0.05, 0.1) is 12.6 Å². The number of phenolic OH excluding ortho intramolecular Hbond substituents is 2. The zero-order valence-electron chi connectivity index (χ0n) is 35.9. The fourth-order valence-electron chi connectivity index (χ4n) is 9.73.